The first-order chi connectivity index (χ1) is 11.2. The molecule has 0 aromatic heterocycles. The van der Waals surface area contributed by atoms with Gasteiger partial charge in [-0.15, -0.1) is 0 Å². The lowest BCUT2D eigenvalue weighted by molar-refractivity contribution is -0.137. The van der Waals surface area contributed by atoms with Crippen LogP contribution < -0.4 is 0 Å². The highest BCUT2D eigenvalue weighted by Crippen LogP contribution is 2.37. The van der Waals surface area contributed by atoms with Crippen molar-refractivity contribution >= 4 is 5.91 Å². The van der Waals surface area contributed by atoms with Crippen LogP contribution in [-0.4, -0.2) is 41.9 Å². The van der Waals surface area contributed by atoms with Crippen molar-refractivity contribution < 1.29 is 4.79 Å². The lowest BCUT2D eigenvalue weighted by Gasteiger charge is -2.39. The van der Waals surface area contributed by atoms with Crippen LogP contribution in [0.4, 0.5) is 0 Å². The SMILES string of the molecule is Cc1ccc2c(c1)C(N1CCN(C(=O)C3CCCC3)CC1)CC2. The highest BCUT2D eigenvalue weighted by molar-refractivity contribution is 5.79. The molecule has 1 aliphatic heterocycles. The van der Waals surface area contributed by atoms with Crippen LogP contribution in [0.3, 0.4) is 0 Å². The Bertz CT molecular complexity index is 583. The third-order valence-electron chi connectivity index (χ3n) is 6.12. The minimum absolute atomic E-state index is 0.330. The molecule has 4 rings (SSSR count). The molecule has 1 amide bonds. The quantitative estimate of drug-likeness (QED) is 0.836. The minimum Gasteiger partial charge on any atom is -0.340 e. The Morgan fingerprint density at radius 1 is 1.04 bits per heavy atom. The standard InChI is InChI=1S/C20H28N2O/c1-15-6-7-16-8-9-19(18(16)14-15)21-10-12-22(13-11-21)20(23)17-4-2-3-5-17/h6-7,14,17,19H,2-5,8-13H2,1H3. The normalized spacial score (nSPS) is 25.8. The molecule has 0 spiro atoms. The topological polar surface area (TPSA) is 23.6 Å². The largest absolute Gasteiger partial charge is 0.340 e. The molecule has 2 aliphatic carbocycles. The molecule has 3 heteroatoms. The summed E-state index contributed by atoms with van der Waals surface area (Å²) in [5.41, 5.74) is 4.44. The smallest absolute Gasteiger partial charge is 0.225 e. The predicted molar refractivity (Wildman–Crippen MR) is 92.4 cm³/mol. The molecule has 1 saturated heterocycles. The van der Waals surface area contributed by atoms with Crippen molar-refractivity contribution in [3.8, 4) is 0 Å². The predicted octanol–water partition coefficient (Wildman–Crippen LogP) is 3.32. The summed E-state index contributed by atoms with van der Waals surface area (Å²) in [4.78, 5) is 17.3. The van der Waals surface area contributed by atoms with E-state index in [1.165, 1.54) is 36.8 Å². The van der Waals surface area contributed by atoms with Crippen LogP contribution >= 0.6 is 0 Å². The molecule has 2 fully saturated rings. The van der Waals surface area contributed by atoms with Gasteiger partial charge >= 0.3 is 0 Å². The van der Waals surface area contributed by atoms with E-state index in [4.69, 9.17) is 0 Å². The van der Waals surface area contributed by atoms with E-state index in [0.717, 1.165) is 39.0 Å². The fraction of sp³-hybridized carbons (Fsp3) is 0.650. The third-order valence-corrected chi connectivity index (χ3v) is 6.12. The fourth-order valence-electron chi connectivity index (χ4n) is 4.76. The van der Waals surface area contributed by atoms with E-state index < -0.39 is 0 Å². The summed E-state index contributed by atoms with van der Waals surface area (Å²) in [5.74, 6) is 0.765. The molecule has 1 saturated carbocycles. The van der Waals surface area contributed by atoms with Crippen molar-refractivity contribution in [2.75, 3.05) is 26.2 Å². The van der Waals surface area contributed by atoms with Crippen LogP contribution in [0.5, 0.6) is 0 Å². The number of aryl methyl sites for hydroxylation is 2. The van der Waals surface area contributed by atoms with Gasteiger partial charge in [0.15, 0.2) is 0 Å². The maximum Gasteiger partial charge on any atom is 0.225 e. The van der Waals surface area contributed by atoms with Crippen LogP contribution in [0.1, 0.15) is 54.8 Å². The van der Waals surface area contributed by atoms with Crippen molar-refractivity contribution in [1.82, 2.24) is 9.80 Å². The molecule has 124 valence electrons. The van der Waals surface area contributed by atoms with Gasteiger partial charge in [-0.2, -0.15) is 0 Å². The third kappa shape index (κ3) is 2.91. The van der Waals surface area contributed by atoms with E-state index in [1.54, 1.807) is 5.56 Å². The Hall–Kier alpha value is -1.35. The number of nitrogens with zero attached hydrogens (tertiary/aromatic N) is 2. The van der Waals surface area contributed by atoms with E-state index in [-0.39, 0.29) is 0 Å². The second-order valence-electron chi connectivity index (χ2n) is 7.60. The maximum atomic E-state index is 12.6. The Morgan fingerprint density at radius 2 is 1.78 bits per heavy atom. The van der Waals surface area contributed by atoms with Crippen LogP contribution in [0, 0.1) is 12.8 Å². The Balaban J connectivity index is 1.39. The van der Waals surface area contributed by atoms with Gasteiger partial charge < -0.3 is 4.90 Å². The molecular formula is C20H28N2O. The summed E-state index contributed by atoms with van der Waals surface area (Å²) in [6.07, 6.45) is 7.18. The van der Waals surface area contributed by atoms with Gasteiger partial charge in [-0.1, -0.05) is 36.6 Å². The highest BCUT2D eigenvalue weighted by Gasteiger charge is 2.33. The van der Waals surface area contributed by atoms with Crippen LogP contribution in [0.15, 0.2) is 18.2 Å². The zero-order valence-corrected chi connectivity index (χ0v) is 14.3. The zero-order chi connectivity index (χ0) is 15.8. The molecule has 3 nitrogen and oxygen atoms in total. The molecule has 0 radical (unpaired) electrons. The Morgan fingerprint density at radius 3 is 2.52 bits per heavy atom. The van der Waals surface area contributed by atoms with Gasteiger partial charge in [0.1, 0.15) is 0 Å². The second-order valence-corrected chi connectivity index (χ2v) is 7.60. The molecule has 1 atom stereocenters. The summed E-state index contributed by atoms with van der Waals surface area (Å²) in [6.45, 7) is 6.11. The number of amides is 1. The molecule has 0 N–H and O–H groups in total. The highest BCUT2D eigenvalue weighted by atomic mass is 16.2. The first-order valence-corrected chi connectivity index (χ1v) is 9.34. The molecule has 23 heavy (non-hydrogen) atoms. The van der Waals surface area contributed by atoms with Gasteiger partial charge in [0.2, 0.25) is 5.91 Å². The number of piperazine rings is 1. The number of fused-ring (bicyclic) bond motifs is 1. The first-order valence-electron chi connectivity index (χ1n) is 9.34. The Kier molecular flexibility index (Phi) is 4.14. The molecule has 3 aliphatic rings. The first kappa shape index (κ1) is 15.2. The van der Waals surface area contributed by atoms with Crippen molar-refractivity contribution in [3.05, 3.63) is 34.9 Å². The van der Waals surface area contributed by atoms with Crippen LogP contribution in [0.2, 0.25) is 0 Å². The monoisotopic (exact) mass is 312 g/mol. The average Bonchev–Trinajstić information content (AvgIpc) is 3.24. The van der Waals surface area contributed by atoms with Gasteiger partial charge in [0, 0.05) is 38.1 Å². The number of hydrogen-bond acceptors (Lipinski definition) is 2. The van der Waals surface area contributed by atoms with Gasteiger partial charge in [-0.25, -0.2) is 0 Å². The molecule has 1 heterocycles. The number of carbonyl (C=O) groups is 1. The van der Waals surface area contributed by atoms with E-state index in [0.29, 0.717) is 17.9 Å². The molecule has 1 unspecified atom stereocenters. The number of rotatable bonds is 2. The summed E-state index contributed by atoms with van der Waals surface area (Å²) in [6, 6.07) is 7.50. The summed E-state index contributed by atoms with van der Waals surface area (Å²) >= 11 is 0. The zero-order valence-electron chi connectivity index (χ0n) is 14.3. The van der Waals surface area contributed by atoms with Crippen molar-refractivity contribution in [2.24, 2.45) is 5.92 Å². The number of hydrogen-bond donors (Lipinski definition) is 0. The van der Waals surface area contributed by atoms with Gasteiger partial charge in [-0.3, -0.25) is 9.69 Å². The van der Waals surface area contributed by atoms with Crippen molar-refractivity contribution in [3.63, 3.8) is 0 Å². The molecule has 1 aromatic carbocycles. The lowest BCUT2D eigenvalue weighted by atomic mass is 10.0. The van der Waals surface area contributed by atoms with Crippen LogP contribution in [0.25, 0.3) is 0 Å². The summed E-state index contributed by atoms with van der Waals surface area (Å²) in [5, 5.41) is 0. The van der Waals surface area contributed by atoms with Crippen LogP contribution in [-0.2, 0) is 11.2 Å². The molecule has 0 bridgehead atoms. The van der Waals surface area contributed by atoms with E-state index in [9.17, 15) is 4.79 Å². The van der Waals surface area contributed by atoms with E-state index in [1.807, 2.05) is 0 Å². The molecular weight excluding hydrogens is 284 g/mol. The van der Waals surface area contributed by atoms with Gasteiger partial charge in [-0.05, 0) is 43.7 Å². The summed E-state index contributed by atoms with van der Waals surface area (Å²) in [7, 11) is 0. The maximum absolute atomic E-state index is 12.6. The van der Waals surface area contributed by atoms with Gasteiger partial charge in [0.05, 0.1) is 0 Å². The summed E-state index contributed by atoms with van der Waals surface area (Å²) < 4.78 is 0. The average molecular weight is 312 g/mol. The van der Waals surface area contributed by atoms with E-state index >= 15 is 0 Å². The number of benzene rings is 1. The Labute approximate surface area is 139 Å². The fourth-order valence-corrected chi connectivity index (χ4v) is 4.76. The van der Waals surface area contributed by atoms with Crippen molar-refractivity contribution in [2.45, 2.75) is 51.5 Å². The van der Waals surface area contributed by atoms with Crippen molar-refractivity contribution in [1.29, 1.82) is 0 Å². The minimum atomic E-state index is 0.330. The van der Waals surface area contributed by atoms with E-state index in [2.05, 4.69) is 34.9 Å². The number of carbonyl (C=O) groups excluding carboxylic acids is 1. The lowest BCUT2D eigenvalue weighted by Crippen LogP contribution is -2.50. The van der Waals surface area contributed by atoms with Gasteiger partial charge in [0.25, 0.3) is 0 Å². The molecule has 1 aromatic rings. The second kappa shape index (κ2) is 6.27.